The number of hydrogen-bond acceptors (Lipinski definition) is 4. The average molecular weight is 362 g/mol. The van der Waals surface area contributed by atoms with Crippen LogP contribution >= 0.6 is 36.2 Å². The summed E-state index contributed by atoms with van der Waals surface area (Å²) in [6, 6.07) is 8.50. The molecule has 1 aliphatic rings. The number of nitrogens with zero attached hydrogens (tertiary/aromatic N) is 1. The van der Waals surface area contributed by atoms with Crippen LogP contribution in [0.25, 0.3) is 10.2 Å². The number of aryl methyl sites for hydroxylation is 1. The quantitative estimate of drug-likeness (QED) is 0.860. The third kappa shape index (κ3) is 5.09. The largest absolute Gasteiger partial charge is 0.352 e. The minimum atomic E-state index is 0. The Hall–Kier alpha value is -0.880. The zero-order chi connectivity index (χ0) is 13.8. The molecule has 0 saturated carbocycles. The van der Waals surface area contributed by atoms with Gasteiger partial charge in [-0.15, -0.1) is 36.2 Å². The third-order valence-electron chi connectivity index (χ3n) is 3.56. The van der Waals surface area contributed by atoms with Gasteiger partial charge in [0.05, 0.1) is 15.2 Å². The van der Waals surface area contributed by atoms with Crippen LogP contribution in [-0.4, -0.2) is 30.0 Å². The Morgan fingerprint density at radius 3 is 2.91 bits per heavy atom. The Labute approximate surface area is 146 Å². The van der Waals surface area contributed by atoms with Crippen LogP contribution in [0.2, 0.25) is 0 Å². The Morgan fingerprint density at radius 1 is 1.36 bits per heavy atom. The number of aromatic nitrogens is 1. The van der Waals surface area contributed by atoms with Crippen molar-refractivity contribution < 1.29 is 4.79 Å². The lowest BCUT2D eigenvalue weighted by molar-refractivity contribution is -0.121. The molecule has 1 aliphatic heterocycles. The summed E-state index contributed by atoms with van der Waals surface area (Å²) < 4.78 is 1.23. The summed E-state index contributed by atoms with van der Waals surface area (Å²) >= 11 is 1.73. The van der Waals surface area contributed by atoms with Gasteiger partial charge in [-0.2, -0.15) is 0 Å². The molecule has 7 heteroatoms. The fourth-order valence-electron chi connectivity index (χ4n) is 2.50. The van der Waals surface area contributed by atoms with Crippen molar-refractivity contribution in [3.63, 3.8) is 0 Å². The number of halogens is 2. The Bertz CT molecular complexity index is 566. The molecule has 0 radical (unpaired) electrons. The number of para-hydroxylation sites is 1. The molecule has 0 bridgehead atoms. The Kier molecular flexibility index (Phi) is 8.10. The fraction of sp³-hybridized carbons (Fsp3) is 0.467. The van der Waals surface area contributed by atoms with E-state index in [1.807, 2.05) is 18.2 Å². The molecule has 2 aromatic rings. The number of benzene rings is 1. The molecule has 1 saturated heterocycles. The van der Waals surface area contributed by atoms with E-state index in [2.05, 4.69) is 21.7 Å². The van der Waals surface area contributed by atoms with Crippen LogP contribution in [0.15, 0.2) is 24.3 Å². The first-order valence-electron chi connectivity index (χ1n) is 7.16. The molecule has 4 nitrogen and oxygen atoms in total. The first kappa shape index (κ1) is 19.2. The fourth-order valence-corrected chi connectivity index (χ4v) is 3.51. The summed E-state index contributed by atoms with van der Waals surface area (Å²) in [6.07, 6.45) is 3.39. The number of thiazole rings is 1. The van der Waals surface area contributed by atoms with Crippen molar-refractivity contribution in [2.75, 3.05) is 13.1 Å². The van der Waals surface area contributed by atoms with Crippen LogP contribution in [0.3, 0.4) is 0 Å². The normalized spacial score (nSPS) is 16.8. The maximum Gasteiger partial charge on any atom is 0.220 e. The summed E-state index contributed by atoms with van der Waals surface area (Å²) in [4.78, 5) is 16.4. The van der Waals surface area contributed by atoms with E-state index in [1.165, 1.54) is 4.70 Å². The second-order valence-electron chi connectivity index (χ2n) is 5.19. The third-order valence-corrected chi connectivity index (χ3v) is 4.65. The first-order valence-corrected chi connectivity index (χ1v) is 7.97. The van der Waals surface area contributed by atoms with Crippen LogP contribution in [-0.2, 0) is 11.2 Å². The maximum atomic E-state index is 11.8. The van der Waals surface area contributed by atoms with Gasteiger partial charge in [-0.05, 0) is 37.9 Å². The maximum absolute atomic E-state index is 11.8. The Morgan fingerprint density at radius 2 is 2.18 bits per heavy atom. The molecule has 1 aromatic heterocycles. The van der Waals surface area contributed by atoms with E-state index >= 15 is 0 Å². The van der Waals surface area contributed by atoms with Gasteiger partial charge < -0.3 is 10.6 Å². The zero-order valence-corrected chi connectivity index (χ0v) is 14.7. The van der Waals surface area contributed by atoms with Crippen molar-refractivity contribution in [3.05, 3.63) is 29.3 Å². The van der Waals surface area contributed by atoms with Gasteiger partial charge in [0.2, 0.25) is 5.91 Å². The van der Waals surface area contributed by atoms with E-state index in [0.717, 1.165) is 42.9 Å². The summed E-state index contributed by atoms with van der Waals surface area (Å²) in [5.74, 6) is 0.166. The molecule has 22 heavy (non-hydrogen) atoms. The molecule has 1 aromatic carbocycles. The highest BCUT2D eigenvalue weighted by Gasteiger charge is 2.16. The van der Waals surface area contributed by atoms with Crippen molar-refractivity contribution in [1.29, 1.82) is 0 Å². The first-order chi connectivity index (χ1) is 9.81. The molecule has 1 amide bonds. The molecule has 0 aliphatic carbocycles. The number of carbonyl (C=O) groups excluding carboxylic acids is 1. The second kappa shape index (κ2) is 9.30. The van der Waals surface area contributed by atoms with Crippen molar-refractivity contribution in [3.8, 4) is 0 Å². The molecule has 2 N–H and O–H groups in total. The summed E-state index contributed by atoms with van der Waals surface area (Å²) in [5, 5.41) is 7.45. The van der Waals surface area contributed by atoms with Crippen molar-refractivity contribution >= 4 is 52.3 Å². The smallest absolute Gasteiger partial charge is 0.220 e. The summed E-state index contributed by atoms with van der Waals surface area (Å²) in [7, 11) is 0. The van der Waals surface area contributed by atoms with Crippen LogP contribution in [0.5, 0.6) is 0 Å². The van der Waals surface area contributed by atoms with Crippen LogP contribution < -0.4 is 10.6 Å². The van der Waals surface area contributed by atoms with Crippen LogP contribution in [0.1, 0.15) is 24.3 Å². The zero-order valence-electron chi connectivity index (χ0n) is 12.2. The number of carbonyl (C=O) groups is 1. The van der Waals surface area contributed by atoms with E-state index in [1.54, 1.807) is 11.3 Å². The molecule has 1 unspecified atom stereocenters. The van der Waals surface area contributed by atoms with Crippen LogP contribution in [0, 0.1) is 0 Å². The molecular weight excluding hydrogens is 341 g/mol. The number of amides is 1. The topological polar surface area (TPSA) is 54.0 Å². The van der Waals surface area contributed by atoms with Gasteiger partial charge in [0.25, 0.3) is 0 Å². The van der Waals surface area contributed by atoms with E-state index in [0.29, 0.717) is 12.5 Å². The summed E-state index contributed by atoms with van der Waals surface area (Å²) in [5.41, 5.74) is 1.06. The highest BCUT2D eigenvalue weighted by Crippen LogP contribution is 2.22. The lowest BCUT2D eigenvalue weighted by Gasteiger charge is -2.10. The molecule has 122 valence electrons. The number of fused-ring (bicyclic) bond motifs is 1. The lowest BCUT2D eigenvalue weighted by atomic mass is 10.2. The molecule has 1 atom stereocenters. The van der Waals surface area contributed by atoms with Crippen molar-refractivity contribution in [2.45, 2.75) is 31.7 Å². The monoisotopic (exact) mass is 361 g/mol. The van der Waals surface area contributed by atoms with Gasteiger partial charge in [0.15, 0.2) is 0 Å². The molecule has 0 spiro atoms. The van der Waals surface area contributed by atoms with Gasteiger partial charge >= 0.3 is 0 Å². The summed E-state index contributed by atoms with van der Waals surface area (Å²) in [6.45, 7) is 1.92. The van der Waals surface area contributed by atoms with Gasteiger partial charge in [-0.25, -0.2) is 4.98 Å². The molecular formula is C15H21Cl2N3OS. The van der Waals surface area contributed by atoms with Crippen molar-refractivity contribution in [1.82, 2.24) is 15.6 Å². The van der Waals surface area contributed by atoms with E-state index in [4.69, 9.17) is 0 Å². The SMILES string of the molecule is Cl.Cl.O=C(CCCc1nc2ccccc2s1)NC1CCNC1. The second-order valence-corrected chi connectivity index (χ2v) is 6.30. The van der Waals surface area contributed by atoms with Crippen molar-refractivity contribution in [2.24, 2.45) is 0 Å². The number of rotatable bonds is 5. The van der Waals surface area contributed by atoms with Crippen LogP contribution in [0.4, 0.5) is 0 Å². The van der Waals surface area contributed by atoms with E-state index in [9.17, 15) is 4.79 Å². The standard InChI is InChI=1S/C15H19N3OS.2ClH/c19-14(17-11-8-9-16-10-11)6-3-7-15-18-12-4-1-2-5-13(12)20-15;;/h1-2,4-5,11,16H,3,6-10H2,(H,17,19);2*1H. The van der Waals surface area contributed by atoms with Gasteiger partial charge in [-0.3, -0.25) is 4.79 Å². The number of nitrogens with one attached hydrogen (secondary N) is 2. The van der Waals surface area contributed by atoms with Gasteiger partial charge in [0, 0.05) is 19.0 Å². The minimum absolute atomic E-state index is 0. The predicted octanol–water partition coefficient (Wildman–Crippen LogP) is 2.94. The average Bonchev–Trinajstić information content (AvgIpc) is 3.07. The van der Waals surface area contributed by atoms with E-state index < -0.39 is 0 Å². The van der Waals surface area contributed by atoms with Gasteiger partial charge in [0.1, 0.15) is 0 Å². The molecule has 3 rings (SSSR count). The van der Waals surface area contributed by atoms with Gasteiger partial charge in [-0.1, -0.05) is 12.1 Å². The molecule has 1 fully saturated rings. The highest BCUT2D eigenvalue weighted by atomic mass is 35.5. The lowest BCUT2D eigenvalue weighted by Crippen LogP contribution is -2.36. The predicted molar refractivity (Wildman–Crippen MR) is 96.5 cm³/mol. The highest BCUT2D eigenvalue weighted by molar-refractivity contribution is 7.18. The molecule has 2 heterocycles. The minimum Gasteiger partial charge on any atom is -0.352 e. The van der Waals surface area contributed by atoms with E-state index in [-0.39, 0.29) is 30.7 Å². The number of hydrogen-bond donors (Lipinski definition) is 2. The Balaban J connectivity index is 0.00000121.